The summed E-state index contributed by atoms with van der Waals surface area (Å²) in [5, 5.41) is 0. The SMILES string of the molecule is CN(Cc1cc[nH]c1)S(=O)(=O)c1cccnc1N. The molecule has 96 valence electrons. The molecule has 0 atom stereocenters. The van der Waals surface area contributed by atoms with E-state index < -0.39 is 10.0 Å². The molecule has 0 bridgehead atoms. The first-order chi connectivity index (χ1) is 8.51. The van der Waals surface area contributed by atoms with E-state index in [1.54, 1.807) is 18.5 Å². The van der Waals surface area contributed by atoms with Gasteiger partial charge in [0.1, 0.15) is 10.7 Å². The van der Waals surface area contributed by atoms with Gasteiger partial charge in [-0.1, -0.05) is 0 Å². The Morgan fingerprint density at radius 3 is 2.83 bits per heavy atom. The van der Waals surface area contributed by atoms with Crippen LogP contribution >= 0.6 is 0 Å². The van der Waals surface area contributed by atoms with Crippen molar-refractivity contribution in [2.75, 3.05) is 12.8 Å². The Morgan fingerprint density at radius 1 is 1.44 bits per heavy atom. The molecule has 2 aromatic rings. The smallest absolute Gasteiger partial charge is 0.246 e. The normalized spacial score (nSPS) is 11.9. The number of nitrogens with zero attached hydrogens (tertiary/aromatic N) is 2. The molecule has 18 heavy (non-hydrogen) atoms. The number of H-pyrrole nitrogens is 1. The molecule has 7 heteroatoms. The summed E-state index contributed by atoms with van der Waals surface area (Å²) in [6.45, 7) is 0.278. The summed E-state index contributed by atoms with van der Waals surface area (Å²) in [6.07, 6.45) is 4.95. The number of hydrogen-bond donors (Lipinski definition) is 2. The molecular weight excluding hydrogens is 252 g/mol. The molecular formula is C11H14N4O2S. The molecule has 0 aromatic carbocycles. The fourth-order valence-electron chi connectivity index (χ4n) is 1.59. The fourth-order valence-corrected chi connectivity index (χ4v) is 2.81. The molecule has 0 saturated carbocycles. The second kappa shape index (κ2) is 4.79. The van der Waals surface area contributed by atoms with E-state index in [0.29, 0.717) is 0 Å². The number of nitrogen functional groups attached to an aromatic ring is 1. The molecule has 0 aliphatic carbocycles. The highest BCUT2D eigenvalue weighted by Crippen LogP contribution is 2.20. The topological polar surface area (TPSA) is 92.1 Å². The third kappa shape index (κ3) is 2.36. The molecule has 0 aliphatic heterocycles. The van der Waals surface area contributed by atoms with E-state index in [1.165, 1.54) is 23.6 Å². The highest BCUT2D eigenvalue weighted by atomic mass is 32.2. The van der Waals surface area contributed by atoms with Crippen LogP contribution in [0.25, 0.3) is 0 Å². The third-order valence-corrected chi connectivity index (χ3v) is 4.41. The molecule has 0 fully saturated rings. The van der Waals surface area contributed by atoms with Crippen LogP contribution in [0.5, 0.6) is 0 Å². The first-order valence-electron chi connectivity index (χ1n) is 5.30. The number of rotatable bonds is 4. The number of aromatic amines is 1. The van der Waals surface area contributed by atoms with Crippen LogP contribution in [0.15, 0.2) is 41.7 Å². The minimum Gasteiger partial charge on any atom is -0.383 e. The van der Waals surface area contributed by atoms with Crippen molar-refractivity contribution in [2.24, 2.45) is 0 Å². The lowest BCUT2D eigenvalue weighted by Crippen LogP contribution is -2.27. The van der Waals surface area contributed by atoms with Crippen molar-refractivity contribution in [1.29, 1.82) is 0 Å². The van der Waals surface area contributed by atoms with Gasteiger partial charge in [0.25, 0.3) is 0 Å². The zero-order chi connectivity index (χ0) is 13.2. The van der Waals surface area contributed by atoms with Gasteiger partial charge in [-0.25, -0.2) is 13.4 Å². The van der Waals surface area contributed by atoms with Crippen molar-refractivity contribution >= 4 is 15.8 Å². The minimum absolute atomic E-state index is 0.0124. The fraction of sp³-hybridized carbons (Fsp3) is 0.182. The molecule has 2 rings (SSSR count). The van der Waals surface area contributed by atoms with Crippen LogP contribution in [0.1, 0.15) is 5.56 Å². The number of aromatic nitrogens is 2. The van der Waals surface area contributed by atoms with Crippen LogP contribution in [0.4, 0.5) is 5.82 Å². The number of nitrogens with two attached hydrogens (primary N) is 1. The summed E-state index contributed by atoms with van der Waals surface area (Å²) < 4.78 is 25.8. The molecule has 0 aliphatic rings. The molecule has 0 amide bonds. The molecule has 3 N–H and O–H groups in total. The van der Waals surface area contributed by atoms with Crippen LogP contribution in [0, 0.1) is 0 Å². The van der Waals surface area contributed by atoms with Crippen molar-refractivity contribution in [3.05, 3.63) is 42.4 Å². The number of hydrogen-bond acceptors (Lipinski definition) is 4. The Labute approximate surface area is 106 Å². The van der Waals surface area contributed by atoms with E-state index in [-0.39, 0.29) is 17.3 Å². The van der Waals surface area contributed by atoms with Crippen molar-refractivity contribution in [1.82, 2.24) is 14.3 Å². The summed E-state index contributed by atoms with van der Waals surface area (Å²) >= 11 is 0. The van der Waals surface area contributed by atoms with Gasteiger partial charge in [0.05, 0.1) is 0 Å². The Bertz CT molecular complexity index is 622. The maximum Gasteiger partial charge on any atom is 0.246 e. The van der Waals surface area contributed by atoms with E-state index in [1.807, 2.05) is 6.07 Å². The number of sulfonamides is 1. The van der Waals surface area contributed by atoms with Crippen LogP contribution in [0.2, 0.25) is 0 Å². The lowest BCUT2D eigenvalue weighted by atomic mass is 10.3. The quantitative estimate of drug-likeness (QED) is 0.856. The molecule has 0 unspecified atom stereocenters. The highest BCUT2D eigenvalue weighted by Gasteiger charge is 2.23. The average molecular weight is 266 g/mol. The summed E-state index contributed by atoms with van der Waals surface area (Å²) in [6, 6.07) is 4.82. The Kier molecular flexibility index (Phi) is 3.35. The van der Waals surface area contributed by atoms with E-state index in [4.69, 9.17) is 5.73 Å². The molecule has 2 heterocycles. The van der Waals surface area contributed by atoms with Crippen LogP contribution in [0.3, 0.4) is 0 Å². The van der Waals surface area contributed by atoms with E-state index >= 15 is 0 Å². The van der Waals surface area contributed by atoms with Gasteiger partial charge in [0.15, 0.2) is 0 Å². The van der Waals surface area contributed by atoms with Crippen LogP contribution in [-0.4, -0.2) is 29.7 Å². The largest absolute Gasteiger partial charge is 0.383 e. The highest BCUT2D eigenvalue weighted by molar-refractivity contribution is 7.89. The monoisotopic (exact) mass is 266 g/mol. The van der Waals surface area contributed by atoms with Crippen molar-refractivity contribution in [3.8, 4) is 0 Å². The van der Waals surface area contributed by atoms with Gasteiger partial charge < -0.3 is 10.7 Å². The van der Waals surface area contributed by atoms with Crippen molar-refractivity contribution in [2.45, 2.75) is 11.4 Å². The number of pyridine rings is 1. The summed E-state index contributed by atoms with van der Waals surface area (Å²) in [4.78, 5) is 6.70. The molecule has 0 saturated heterocycles. The molecule has 2 aromatic heterocycles. The molecule has 0 spiro atoms. The Hall–Kier alpha value is -1.86. The first kappa shape index (κ1) is 12.6. The van der Waals surface area contributed by atoms with Crippen molar-refractivity contribution in [3.63, 3.8) is 0 Å². The lowest BCUT2D eigenvalue weighted by Gasteiger charge is -2.17. The second-order valence-corrected chi connectivity index (χ2v) is 5.88. The lowest BCUT2D eigenvalue weighted by molar-refractivity contribution is 0.467. The van der Waals surface area contributed by atoms with Gasteiger partial charge in [-0.3, -0.25) is 0 Å². The van der Waals surface area contributed by atoms with Gasteiger partial charge >= 0.3 is 0 Å². The van der Waals surface area contributed by atoms with Gasteiger partial charge in [0.2, 0.25) is 10.0 Å². The maximum absolute atomic E-state index is 12.3. The van der Waals surface area contributed by atoms with Crippen LogP contribution < -0.4 is 5.73 Å². The second-order valence-electron chi connectivity index (χ2n) is 3.87. The molecule has 0 radical (unpaired) electrons. The number of anilines is 1. The molecule has 6 nitrogen and oxygen atoms in total. The number of nitrogens with one attached hydrogen (secondary N) is 1. The minimum atomic E-state index is -3.61. The predicted octanol–water partition coefficient (Wildman–Crippen LogP) is 0.813. The van der Waals surface area contributed by atoms with Crippen molar-refractivity contribution < 1.29 is 8.42 Å². The van der Waals surface area contributed by atoms with Gasteiger partial charge in [-0.05, 0) is 23.8 Å². The van der Waals surface area contributed by atoms with Gasteiger partial charge in [-0.15, -0.1) is 0 Å². The van der Waals surface area contributed by atoms with Crippen LogP contribution in [-0.2, 0) is 16.6 Å². The van der Waals surface area contributed by atoms with E-state index in [9.17, 15) is 8.42 Å². The van der Waals surface area contributed by atoms with Gasteiger partial charge in [0, 0.05) is 32.2 Å². The Balaban J connectivity index is 2.29. The first-order valence-corrected chi connectivity index (χ1v) is 6.74. The summed E-state index contributed by atoms with van der Waals surface area (Å²) in [5.41, 5.74) is 6.47. The Morgan fingerprint density at radius 2 is 2.22 bits per heavy atom. The zero-order valence-corrected chi connectivity index (χ0v) is 10.7. The summed E-state index contributed by atoms with van der Waals surface area (Å²) in [5.74, 6) is 0.0124. The van der Waals surface area contributed by atoms with Gasteiger partial charge in [-0.2, -0.15) is 4.31 Å². The zero-order valence-electron chi connectivity index (χ0n) is 9.87. The summed E-state index contributed by atoms with van der Waals surface area (Å²) in [7, 11) is -2.11. The predicted molar refractivity (Wildman–Crippen MR) is 68.1 cm³/mol. The standard InChI is InChI=1S/C11H14N4O2S/c1-15(8-9-4-6-13-7-9)18(16,17)10-3-2-5-14-11(10)12/h2-7,13H,8H2,1H3,(H2,12,14). The maximum atomic E-state index is 12.3. The van der Waals surface area contributed by atoms with E-state index in [0.717, 1.165) is 5.56 Å². The van der Waals surface area contributed by atoms with E-state index in [2.05, 4.69) is 9.97 Å². The third-order valence-electron chi connectivity index (χ3n) is 2.56. The average Bonchev–Trinajstić information content (AvgIpc) is 2.82.